The van der Waals surface area contributed by atoms with Crippen LogP contribution in [0, 0.1) is 5.82 Å². The number of imidazole rings is 1. The molecule has 0 saturated heterocycles. The van der Waals surface area contributed by atoms with Crippen LogP contribution in [0.15, 0.2) is 41.1 Å². The first kappa shape index (κ1) is 11.3. The average Bonchev–Trinajstić information content (AvgIpc) is 2.70. The molecule has 0 unspecified atom stereocenters. The highest BCUT2D eigenvalue weighted by Crippen LogP contribution is 2.27. The van der Waals surface area contributed by atoms with Gasteiger partial charge in [-0.3, -0.25) is 4.98 Å². The fraction of sp³-hybridized carbons (Fsp3) is 0.0769. The summed E-state index contributed by atoms with van der Waals surface area (Å²) in [7, 11) is 1.92. The van der Waals surface area contributed by atoms with Crippen molar-refractivity contribution in [3.8, 4) is 11.4 Å². The molecule has 1 aromatic carbocycles. The summed E-state index contributed by atoms with van der Waals surface area (Å²) in [5, 5.41) is 0. The highest BCUT2D eigenvalue weighted by atomic mass is 79.9. The predicted octanol–water partition coefficient (Wildman–Crippen LogP) is 3.54. The second-order valence-corrected chi connectivity index (χ2v) is 4.84. The van der Waals surface area contributed by atoms with Crippen molar-refractivity contribution in [2.45, 2.75) is 0 Å². The van der Waals surface area contributed by atoms with Crippen LogP contribution in [0.5, 0.6) is 0 Å². The van der Waals surface area contributed by atoms with Gasteiger partial charge in [-0.2, -0.15) is 0 Å². The summed E-state index contributed by atoms with van der Waals surface area (Å²) < 4.78 is 15.7. The van der Waals surface area contributed by atoms with E-state index in [1.165, 1.54) is 12.1 Å². The van der Waals surface area contributed by atoms with Crippen molar-refractivity contribution < 1.29 is 4.39 Å². The zero-order chi connectivity index (χ0) is 12.7. The molecule has 2 heterocycles. The Kier molecular flexibility index (Phi) is 2.63. The van der Waals surface area contributed by atoms with Crippen molar-refractivity contribution in [1.82, 2.24) is 14.5 Å². The van der Waals surface area contributed by atoms with Crippen molar-refractivity contribution in [2.24, 2.45) is 7.05 Å². The largest absolute Gasteiger partial charge is 0.326 e. The molecule has 0 spiro atoms. The average molecular weight is 306 g/mol. The Labute approximate surface area is 111 Å². The van der Waals surface area contributed by atoms with Crippen LogP contribution in [0.1, 0.15) is 0 Å². The van der Waals surface area contributed by atoms with E-state index in [1.54, 1.807) is 24.5 Å². The lowest BCUT2D eigenvalue weighted by atomic mass is 10.2. The van der Waals surface area contributed by atoms with Gasteiger partial charge >= 0.3 is 0 Å². The van der Waals surface area contributed by atoms with E-state index >= 15 is 0 Å². The summed E-state index contributed by atoms with van der Waals surface area (Å²) in [5.41, 5.74) is 2.66. The van der Waals surface area contributed by atoms with Crippen LogP contribution in [0.4, 0.5) is 4.39 Å². The number of pyridine rings is 1. The third-order valence-electron chi connectivity index (χ3n) is 2.85. The van der Waals surface area contributed by atoms with Gasteiger partial charge < -0.3 is 4.57 Å². The topological polar surface area (TPSA) is 30.7 Å². The summed E-state index contributed by atoms with van der Waals surface area (Å²) in [4.78, 5) is 8.69. The van der Waals surface area contributed by atoms with E-state index in [9.17, 15) is 4.39 Å². The molecule has 0 N–H and O–H groups in total. The molecule has 5 heteroatoms. The summed E-state index contributed by atoms with van der Waals surface area (Å²) in [6.07, 6.45) is 3.48. The summed E-state index contributed by atoms with van der Waals surface area (Å²) in [6.45, 7) is 0. The molecule has 0 bridgehead atoms. The van der Waals surface area contributed by atoms with Gasteiger partial charge in [0, 0.05) is 18.8 Å². The van der Waals surface area contributed by atoms with E-state index in [0.29, 0.717) is 0 Å². The van der Waals surface area contributed by atoms with Gasteiger partial charge in [0.1, 0.15) is 17.2 Å². The van der Waals surface area contributed by atoms with Crippen LogP contribution in [0.3, 0.4) is 0 Å². The molecule has 18 heavy (non-hydrogen) atoms. The van der Waals surface area contributed by atoms with Gasteiger partial charge in [0.15, 0.2) is 0 Å². The molecule has 0 fully saturated rings. The first-order valence-electron chi connectivity index (χ1n) is 5.38. The monoisotopic (exact) mass is 305 g/mol. The molecule has 90 valence electrons. The number of rotatable bonds is 1. The van der Waals surface area contributed by atoms with Crippen LogP contribution in [-0.4, -0.2) is 14.5 Å². The predicted molar refractivity (Wildman–Crippen MR) is 71.6 cm³/mol. The van der Waals surface area contributed by atoms with Gasteiger partial charge in [-0.25, -0.2) is 9.37 Å². The first-order valence-corrected chi connectivity index (χ1v) is 6.18. The van der Waals surface area contributed by atoms with Gasteiger partial charge in [-0.05, 0) is 40.2 Å². The lowest BCUT2D eigenvalue weighted by Gasteiger charge is -2.01. The Morgan fingerprint density at radius 3 is 2.56 bits per heavy atom. The number of fused-ring (bicyclic) bond motifs is 1. The maximum atomic E-state index is 12.9. The number of aromatic nitrogens is 3. The van der Waals surface area contributed by atoms with Crippen LogP contribution in [-0.2, 0) is 7.05 Å². The van der Waals surface area contributed by atoms with E-state index in [1.807, 2.05) is 11.6 Å². The molecule has 2 aromatic heterocycles. The zero-order valence-electron chi connectivity index (χ0n) is 9.56. The lowest BCUT2D eigenvalue weighted by Crippen LogP contribution is -1.92. The van der Waals surface area contributed by atoms with Crippen molar-refractivity contribution in [3.63, 3.8) is 0 Å². The van der Waals surface area contributed by atoms with Crippen molar-refractivity contribution in [3.05, 3.63) is 46.9 Å². The number of halogens is 2. The maximum absolute atomic E-state index is 12.9. The number of hydrogen-bond acceptors (Lipinski definition) is 2. The standard InChI is InChI=1S/C13H9BrFN3/c1-18-11-7-16-6-10(14)12(11)17-13(18)8-2-4-9(15)5-3-8/h2-7H,1H3. The number of aryl methyl sites for hydroxylation is 1. The van der Waals surface area contributed by atoms with E-state index in [0.717, 1.165) is 26.9 Å². The minimum absolute atomic E-state index is 0.250. The Morgan fingerprint density at radius 2 is 1.89 bits per heavy atom. The molecule has 0 radical (unpaired) electrons. The normalized spacial score (nSPS) is 11.1. The molecule has 3 nitrogen and oxygen atoms in total. The molecule has 0 aliphatic carbocycles. The molecular weight excluding hydrogens is 297 g/mol. The van der Waals surface area contributed by atoms with Gasteiger partial charge in [0.2, 0.25) is 0 Å². The van der Waals surface area contributed by atoms with Crippen LogP contribution in [0.25, 0.3) is 22.4 Å². The SMILES string of the molecule is Cn1c(-c2ccc(F)cc2)nc2c(Br)cncc21. The van der Waals surface area contributed by atoms with Crippen LogP contribution in [0.2, 0.25) is 0 Å². The van der Waals surface area contributed by atoms with Crippen molar-refractivity contribution in [2.75, 3.05) is 0 Å². The minimum Gasteiger partial charge on any atom is -0.326 e. The van der Waals surface area contributed by atoms with Gasteiger partial charge in [-0.1, -0.05) is 0 Å². The highest BCUT2D eigenvalue weighted by molar-refractivity contribution is 9.10. The second-order valence-electron chi connectivity index (χ2n) is 3.99. The van der Waals surface area contributed by atoms with Crippen LogP contribution >= 0.6 is 15.9 Å². The molecule has 3 aromatic rings. The van der Waals surface area contributed by atoms with E-state index in [4.69, 9.17) is 0 Å². The zero-order valence-corrected chi connectivity index (χ0v) is 11.1. The fourth-order valence-corrected chi connectivity index (χ4v) is 2.34. The molecule has 0 aliphatic heterocycles. The number of nitrogens with zero attached hydrogens (tertiary/aromatic N) is 3. The third kappa shape index (κ3) is 1.71. The molecule has 0 aliphatic rings. The van der Waals surface area contributed by atoms with Gasteiger partial charge in [0.25, 0.3) is 0 Å². The van der Waals surface area contributed by atoms with Gasteiger partial charge in [-0.15, -0.1) is 0 Å². The van der Waals surface area contributed by atoms with Gasteiger partial charge in [0.05, 0.1) is 16.2 Å². The van der Waals surface area contributed by atoms with Crippen LogP contribution < -0.4 is 0 Å². The van der Waals surface area contributed by atoms with Crippen molar-refractivity contribution >= 4 is 27.0 Å². The first-order chi connectivity index (χ1) is 8.66. The minimum atomic E-state index is -0.250. The number of benzene rings is 1. The van der Waals surface area contributed by atoms with E-state index < -0.39 is 0 Å². The quantitative estimate of drug-likeness (QED) is 0.688. The smallest absolute Gasteiger partial charge is 0.140 e. The molecule has 0 atom stereocenters. The Bertz CT molecular complexity index is 719. The summed E-state index contributed by atoms with van der Waals surface area (Å²) in [5.74, 6) is 0.541. The Morgan fingerprint density at radius 1 is 1.17 bits per heavy atom. The Hall–Kier alpha value is -1.75. The summed E-state index contributed by atoms with van der Waals surface area (Å²) in [6, 6.07) is 6.31. The fourth-order valence-electron chi connectivity index (χ4n) is 1.93. The lowest BCUT2D eigenvalue weighted by molar-refractivity contribution is 0.628. The number of hydrogen-bond donors (Lipinski definition) is 0. The maximum Gasteiger partial charge on any atom is 0.140 e. The third-order valence-corrected chi connectivity index (χ3v) is 3.43. The van der Waals surface area contributed by atoms with E-state index in [2.05, 4.69) is 25.9 Å². The summed E-state index contributed by atoms with van der Waals surface area (Å²) >= 11 is 3.43. The highest BCUT2D eigenvalue weighted by Gasteiger charge is 2.12. The molecular formula is C13H9BrFN3. The molecule has 0 saturated carbocycles. The molecule has 0 amide bonds. The Balaban J connectivity index is 2.27. The van der Waals surface area contributed by atoms with Crippen molar-refractivity contribution in [1.29, 1.82) is 0 Å². The second kappa shape index (κ2) is 4.17. The molecule has 3 rings (SSSR count). The van der Waals surface area contributed by atoms with E-state index in [-0.39, 0.29) is 5.82 Å².